The van der Waals surface area contributed by atoms with Crippen molar-refractivity contribution in [3.8, 4) is 0 Å². The van der Waals surface area contributed by atoms with Crippen molar-refractivity contribution in [3.63, 3.8) is 0 Å². The van der Waals surface area contributed by atoms with Crippen LogP contribution < -0.4 is 0 Å². The largest absolute Gasteiger partial charge is 0.311 e. The zero-order chi connectivity index (χ0) is 10.7. The second-order valence-corrected chi connectivity index (χ2v) is 4.44. The van der Waals surface area contributed by atoms with E-state index in [4.69, 9.17) is 0 Å². The molecule has 3 nitrogen and oxygen atoms in total. The average Bonchev–Trinajstić information content (AvgIpc) is 2.59. The van der Waals surface area contributed by atoms with Crippen LogP contribution in [0.1, 0.15) is 57.7 Å². The highest BCUT2D eigenvalue weighted by Gasteiger charge is 2.17. The summed E-state index contributed by atoms with van der Waals surface area (Å²) in [5.74, 6) is 2.62. The third-order valence-corrected chi connectivity index (χ3v) is 2.98. The Morgan fingerprint density at radius 1 is 1.29 bits per heavy atom. The fourth-order valence-electron chi connectivity index (χ4n) is 1.51. The molecule has 0 aliphatic heterocycles. The van der Waals surface area contributed by atoms with Gasteiger partial charge in [-0.15, -0.1) is 10.2 Å². The Bertz CT molecular complexity index is 294. The van der Waals surface area contributed by atoms with Crippen LogP contribution in [-0.4, -0.2) is 14.8 Å². The lowest BCUT2D eigenvalue weighted by Gasteiger charge is -2.16. The molecule has 14 heavy (non-hydrogen) atoms. The highest BCUT2D eigenvalue weighted by atomic mass is 79.9. The minimum absolute atomic E-state index is 0.432. The second-order valence-electron chi connectivity index (χ2n) is 3.88. The maximum Gasteiger partial charge on any atom is 0.143 e. The van der Waals surface area contributed by atoms with E-state index in [0.717, 1.165) is 23.4 Å². The number of nitrogens with zero attached hydrogens (tertiary/aromatic N) is 3. The molecule has 0 spiro atoms. The standard InChI is InChI=1S/C10H18BrN3/c1-5-8(4)10-13-12-9(6-11)14(10)7(2)3/h7-8H,5-6H2,1-4H3. The van der Waals surface area contributed by atoms with Crippen LogP contribution in [0.15, 0.2) is 0 Å². The Morgan fingerprint density at radius 2 is 1.93 bits per heavy atom. The molecule has 0 saturated heterocycles. The molecule has 1 aromatic heterocycles. The summed E-state index contributed by atoms with van der Waals surface area (Å²) >= 11 is 3.44. The van der Waals surface area contributed by atoms with Gasteiger partial charge in [-0.2, -0.15) is 0 Å². The van der Waals surface area contributed by atoms with Gasteiger partial charge in [0.05, 0.1) is 5.33 Å². The highest BCUT2D eigenvalue weighted by Crippen LogP contribution is 2.22. The Kier molecular flexibility index (Phi) is 4.11. The predicted octanol–water partition coefficient (Wildman–Crippen LogP) is 3.27. The number of alkyl halides is 1. The molecule has 0 bridgehead atoms. The molecule has 0 fully saturated rings. The van der Waals surface area contributed by atoms with Gasteiger partial charge in [0.25, 0.3) is 0 Å². The predicted molar refractivity (Wildman–Crippen MR) is 61.7 cm³/mol. The average molecular weight is 260 g/mol. The molecule has 0 aliphatic rings. The van der Waals surface area contributed by atoms with Crippen LogP contribution in [0.25, 0.3) is 0 Å². The maximum atomic E-state index is 4.26. The van der Waals surface area contributed by atoms with E-state index in [9.17, 15) is 0 Å². The van der Waals surface area contributed by atoms with Gasteiger partial charge >= 0.3 is 0 Å². The van der Waals surface area contributed by atoms with E-state index >= 15 is 0 Å². The van der Waals surface area contributed by atoms with Gasteiger partial charge in [-0.1, -0.05) is 29.8 Å². The van der Waals surface area contributed by atoms with Crippen molar-refractivity contribution in [1.29, 1.82) is 0 Å². The Labute approximate surface area is 94.0 Å². The zero-order valence-corrected chi connectivity index (χ0v) is 10.9. The van der Waals surface area contributed by atoms with Crippen molar-refractivity contribution in [1.82, 2.24) is 14.8 Å². The summed E-state index contributed by atoms with van der Waals surface area (Å²) in [7, 11) is 0. The Morgan fingerprint density at radius 3 is 2.36 bits per heavy atom. The second kappa shape index (κ2) is 4.91. The van der Waals surface area contributed by atoms with Crippen molar-refractivity contribution >= 4 is 15.9 Å². The molecule has 1 unspecified atom stereocenters. The van der Waals surface area contributed by atoms with Gasteiger partial charge < -0.3 is 4.57 Å². The molecule has 1 aromatic rings. The van der Waals surface area contributed by atoms with Crippen LogP contribution in [0.3, 0.4) is 0 Å². The molecular formula is C10H18BrN3. The monoisotopic (exact) mass is 259 g/mol. The molecule has 4 heteroatoms. The van der Waals surface area contributed by atoms with E-state index in [1.807, 2.05) is 0 Å². The summed E-state index contributed by atoms with van der Waals surface area (Å²) in [4.78, 5) is 0. The molecule has 0 aliphatic carbocycles. The quantitative estimate of drug-likeness (QED) is 0.778. The van der Waals surface area contributed by atoms with Gasteiger partial charge in [-0.05, 0) is 20.3 Å². The topological polar surface area (TPSA) is 30.7 Å². The van der Waals surface area contributed by atoms with Crippen LogP contribution >= 0.6 is 15.9 Å². The summed E-state index contributed by atoms with van der Waals surface area (Å²) < 4.78 is 2.23. The van der Waals surface area contributed by atoms with Crippen molar-refractivity contribution < 1.29 is 0 Å². The third-order valence-electron chi connectivity index (χ3n) is 2.48. The van der Waals surface area contributed by atoms with Crippen LogP contribution in [0.5, 0.6) is 0 Å². The summed E-state index contributed by atoms with van der Waals surface area (Å²) in [5.41, 5.74) is 0. The lowest BCUT2D eigenvalue weighted by atomic mass is 10.1. The van der Waals surface area contributed by atoms with Crippen molar-refractivity contribution in [2.75, 3.05) is 0 Å². The van der Waals surface area contributed by atoms with Gasteiger partial charge in [0.15, 0.2) is 0 Å². The molecule has 80 valence electrons. The fraction of sp³-hybridized carbons (Fsp3) is 0.800. The van der Waals surface area contributed by atoms with E-state index < -0.39 is 0 Å². The smallest absolute Gasteiger partial charge is 0.143 e. The molecule has 0 saturated carbocycles. The van der Waals surface area contributed by atoms with E-state index in [-0.39, 0.29) is 0 Å². The first-order valence-corrected chi connectivity index (χ1v) is 6.23. The number of halogens is 1. The van der Waals surface area contributed by atoms with E-state index in [1.54, 1.807) is 0 Å². The summed E-state index contributed by atoms with van der Waals surface area (Å²) in [6.07, 6.45) is 1.10. The van der Waals surface area contributed by atoms with Crippen molar-refractivity contribution in [2.24, 2.45) is 0 Å². The molecule has 1 rings (SSSR count). The minimum Gasteiger partial charge on any atom is -0.311 e. The summed E-state index contributed by atoms with van der Waals surface area (Å²) in [6.45, 7) is 8.71. The van der Waals surface area contributed by atoms with Crippen LogP contribution in [0.4, 0.5) is 0 Å². The highest BCUT2D eigenvalue weighted by molar-refractivity contribution is 9.08. The lowest BCUT2D eigenvalue weighted by molar-refractivity contribution is 0.521. The molecular weight excluding hydrogens is 242 g/mol. The number of hydrogen-bond acceptors (Lipinski definition) is 2. The van der Waals surface area contributed by atoms with Gasteiger partial charge in [0, 0.05) is 12.0 Å². The van der Waals surface area contributed by atoms with Crippen molar-refractivity contribution in [2.45, 2.75) is 51.4 Å². The zero-order valence-electron chi connectivity index (χ0n) is 9.29. The molecule has 0 N–H and O–H groups in total. The van der Waals surface area contributed by atoms with Gasteiger partial charge in [-0.25, -0.2) is 0 Å². The first kappa shape index (κ1) is 11.7. The van der Waals surface area contributed by atoms with E-state index in [1.165, 1.54) is 0 Å². The van der Waals surface area contributed by atoms with Gasteiger partial charge in [0.2, 0.25) is 0 Å². The van der Waals surface area contributed by atoms with Crippen molar-refractivity contribution in [3.05, 3.63) is 11.6 Å². The number of rotatable bonds is 4. The first-order chi connectivity index (χ1) is 6.61. The van der Waals surface area contributed by atoms with Gasteiger partial charge in [0.1, 0.15) is 11.6 Å². The minimum atomic E-state index is 0.432. The maximum absolute atomic E-state index is 4.26. The fourth-order valence-corrected chi connectivity index (χ4v) is 1.89. The Hall–Kier alpha value is -0.380. The van der Waals surface area contributed by atoms with E-state index in [0.29, 0.717) is 12.0 Å². The third kappa shape index (κ3) is 2.16. The Balaban J connectivity index is 3.10. The molecule has 1 atom stereocenters. The van der Waals surface area contributed by atoms with Crippen LogP contribution in [0.2, 0.25) is 0 Å². The molecule has 1 heterocycles. The first-order valence-electron chi connectivity index (χ1n) is 5.11. The van der Waals surface area contributed by atoms with E-state index in [2.05, 4.69) is 58.4 Å². The SMILES string of the molecule is CCC(C)c1nnc(CBr)n1C(C)C. The number of aromatic nitrogens is 3. The molecule has 0 aromatic carbocycles. The number of hydrogen-bond donors (Lipinski definition) is 0. The molecule has 0 radical (unpaired) electrons. The van der Waals surface area contributed by atoms with Gasteiger partial charge in [-0.3, -0.25) is 0 Å². The normalized spacial score (nSPS) is 13.6. The lowest BCUT2D eigenvalue weighted by Crippen LogP contribution is -2.11. The van der Waals surface area contributed by atoms with Crippen LogP contribution in [0, 0.1) is 0 Å². The molecule has 0 amide bonds. The summed E-state index contributed by atoms with van der Waals surface area (Å²) in [6, 6.07) is 0.432. The van der Waals surface area contributed by atoms with Crippen LogP contribution in [-0.2, 0) is 5.33 Å². The summed E-state index contributed by atoms with van der Waals surface area (Å²) in [5, 5.41) is 9.23.